The van der Waals surface area contributed by atoms with Crippen LogP contribution in [0.25, 0.3) is 0 Å². The Morgan fingerprint density at radius 3 is 0.747 bits per heavy atom. The smallest absolute Gasteiger partial charge is 0.306 e. The fraction of sp³-hybridized carbons (Fsp3) is 0.822. The zero-order valence-corrected chi connectivity index (χ0v) is 52.9. The number of carbonyl (C=O) groups is 3. The van der Waals surface area contributed by atoms with Crippen molar-refractivity contribution in [1.29, 1.82) is 0 Å². The minimum Gasteiger partial charge on any atom is -0.462 e. The van der Waals surface area contributed by atoms with Crippen LogP contribution < -0.4 is 0 Å². The third kappa shape index (κ3) is 65.8. The maximum absolute atomic E-state index is 12.9. The SMILES string of the molecule is CCCC/C=C\C/C=C\CCCCCCCC(=O)OCC(COC(=O)CCCCCCCCCCCCCCCCCCCCCCCCCC)OC(=O)CCCCCCCCCC/C=C\C/C=C\C/C=C\CCCCCCC. The van der Waals surface area contributed by atoms with E-state index in [0.29, 0.717) is 19.3 Å². The molecule has 0 N–H and O–H groups in total. The second kappa shape index (κ2) is 67.6. The molecule has 0 bridgehead atoms. The van der Waals surface area contributed by atoms with Crippen molar-refractivity contribution in [3.63, 3.8) is 0 Å². The number of carbonyl (C=O) groups excluding carboxylic acids is 3. The zero-order chi connectivity index (χ0) is 57.1. The molecule has 1 unspecified atom stereocenters. The van der Waals surface area contributed by atoms with Crippen molar-refractivity contribution >= 4 is 17.9 Å². The van der Waals surface area contributed by atoms with Gasteiger partial charge in [0.25, 0.3) is 0 Å². The molecule has 0 heterocycles. The molecule has 0 aliphatic heterocycles. The van der Waals surface area contributed by atoms with E-state index in [0.717, 1.165) is 96.3 Å². The molecule has 0 saturated heterocycles. The highest BCUT2D eigenvalue weighted by Crippen LogP contribution is 2.18. The Hall–Kier alpha value is -2.89. The molecule has 0 aromatic carbocycles. The first-order valence-electron chi connectivity index (χ1n) is 34.8. The van der Waals surface area contributed by atoms with Crippen LogP contribution >= 0.6 is 0 Å². The largest absolute Gasteiger partial charge is 0.462 e. The van der Waals surface area contributed by atoms with Crippen molar-refractivity contribution in [3.8, 4) is 0 Å². The average molecular weight is 1110 g/mol. The highest BCUT2D eigenvalue weighted by molar-refractivity contribution is 5.71. The number of hydrogen-bond donors (Lipinski definition) is 0. The number of rotatable bonds is 64. The molecule has 0 aliphatic rings. The second-order valence-corrected chi connectivity index (χ2v) is 23.4. The number of hydrogen-bond acceptors (Lipinski definition) is 6. The summed E-state index contributed by atoms with van der Waals surface area (Å²) in [7, 11) is 0. The van der Waals surface area contributed by atoms with Crippen LogP contribution in [0.4, 0.5) is 0 Å². The highest BCUT2D eigenvalue weighted by atomic mass is 16.6. The summed E-state index contributed by atoms with van der Waals surface area (Å²) in [6.07, 6.45) is 86.7. The maximum atomic E-state index is 12.9. The molecule has 0 aromatic rings. The van der Waals surface area contributed by atoms with Crippen molar-refractivity contribution in [3.05, 3.63) is 60.8 Å². The van der Waals surface area contributed by atoms with Crippen LogP contribution in [-0.4, -0.2) is 37.2 Å². The van der Waals surface area contributed by atoms with Gasteiger partial charge in [-0.3, -0.25) is 14.4 Å². The van der Waals surface area contributed by atoms with Crippen molar-refractivity contribution < 1.29 is 28.6 Å². The number of allylic oxidation sites excluding steroid dienone is 10. The van der Waals surface area contributed by atoms with Gasteiger partial charge in [-0.2, -0.15) is 0 Å². The van der Waals surface area contributed by atoms with Gasteiger partial charge in [0.05, 0.1) is 0 Å². The molecular weight excluding hydrogens is 973 g/mol. The Morgan fingerprint density at radius 1 is 0.253 bits per heavy atom. The summed E-state index contributed by atoms with van der Waals surface area (Å²) in [5, 5.41) is 0. The molecule has 6 nitrogen and oxygen atoms in total. The number of esters is 3. The zero-order valence-electron chi connectivity index (χ0n) is 52.9. The van der Waals surface area contributed by atoms with E-state index in [4.69, 9.17) is 14.2 Å². The lowest BCUT2D eigenvalue weighted by molar-refractivity contribution is -0.167. The van der Waals surface area contributed by atoms with Gasteiger partial charge in [-0.05, 0) is 83.5 Å². The predicted molar refractivity (Wildman–Crippen MR) is 344 cm³/mol. The lowest BCUT2D eigenvalue weighted by atomic mass is 10.0. The Balaban J connectivity index is 4.30. The van der Waals surface area contributed by atoms with Crippen molar-refractivity contribution in [2.24, 2.45) is 0 Å². The molecule has 0 aliphatic carbocycles. The van der Waals surface area contributed by atoms with Gasteiger partial charge >= 0.3 is 17.9 Å². The topological polar surface area (TPSA) is 78.9 Å². The third-order valence-electron chi connectivity index (χ3n) is 15.5. The molecule has 0 rings (SSSR count). The first-order chi connectivity index (χ1) is 39.0. The summed E-state index contributed by atoms with van der Waals surface area (Å²) < 4.78 is 17.0. The molecule has 460 valence electrons. The first kappa shape index (κ1) is 76.1. The van der Waals surface area contributed by atoms with Gasteiger partial charge in [0.1, 0.15) is 13.2 Å². The van der Waals surface area contributed by atoms with E-state index in [2.05, 4.69) is 81.5 Å². The highest BCUT2D eigenvalue weighted by Gasteiger charge is 2.19. The predicted octanol–water partition coefficient (Wildman–Crippen LogP) is 23.9. The normalized spacial score (nSPS) is 12.4. The molecule has 0 amide bonds. The molecular formula is C73H132O6. The van der Waals surface area contributed by atoms with Gasteiger partial charge in [0, 0.05) is 19.3 Å². The monoisotopic (exact) mass is 1110 g/mol. The van der Waals surface area contributed by atoms with Crippen LogP contribution in [0.3, 0.4) is 0 Å². The van der Waals surface area contributed by atoms with Crippen LogP contribution in [0.15, 0.2) is 60.8 Å². The van der Waals surface area contributed by atoms with Crippen LogP contribution in [0, 0.1) is 0 Å². The summed E-state index contributed by atoms with van der Waals surface area (Å²) >= 11 is 0. The Bertz CT molecular complexity index is 1410. The van der Waals surface area contributed by atoms with Crippen molar-refractivity contribution in [1.82, 2.24) is 0 Å². The lowest BCUT2D eigenvalue weighted by Crippen LogP contribution is -2.30. The standard InChI is InChI=1S/C73H132O6/c1-4-7-10-13-16-19-22-25-28-30-32-34-36-38-39-41-43-45-48-51-54-57-60-63-66-72(75)78-69-70(68-77-71(74)65-62-59-56-53-50-47-27-24-21-18-15-12-9-6-3)79-73(76)67-64-61-58-55-52-49-46-44-42-40-37-35-33-31-29-26-23-20-17-14-11-8-5-2/h15,18,23-24,26-27,31,33,37,40,70H,4-14,16-17,19-22,25,28-30,32,34-36,38-39,41-69H2,1-3H3/b18-15-,26-23-,27-24-,33-31-,40-37-. The summed E-state index contributed by atoms with van der Waals surface area (Å²) in [5.41, 5.74) is 0. The number of unbranched alkanes of at least 4 members (excludes halogenated alkanes) is 43. The van der Waals surface area contributed by atoms with Gasteiger partial charge in [0.15, 0.2) is 6.10 Å². The molecule has 79 heavy (non-hydrogen) atoms. The van der Waals surface area contributed by atoms with Gasteiger partial charge in [-0.15, -0.1) is 0 Å². The van der Waals surface area contributed by atoms with Crippen LogP contribution in [-0.2, 0) is 28.6 Å². The van der Waals surface area contributed by atoms with Gasteiger partial charge in [0.2, 0.25) is 0 Å². The minimum absolute atomic E-state index is 0.0785. The molecule has 0 aromatic heterocycles. The lowest BCUT2D eigenvalue weighted by Gasteiger charge is -2.18. The molecule has 0 radical (unpaired) electrons. The summed E-state index contributed by atoms with van der Waals surface area (Å²) in [5.74, 6) is -0.879. The quantitative estimate of drug-likeness (QED) is 0.0261. The van der Waals surface area contributed by atoms with Crippen LogP contribution in [0.5, 0.6) is 0 Å². The van der Waals surface area contributed by atoms with E-state index in [9.17, 15) is 14.4 Å². The molecule has 0 spiro atoms. The Morgan fingerprint density at radius 2 is 0.468 bits per heavy atom. The van der Waals surface area contributed by atoms with Crippen molar-refractivity contribution in [2.45, 2.75) is 374 Å². The van der Waals surface area contributed by atoms with Gasteiger partial charge < -0.3 is 14.2 Å². The van der Waals surface area contributed by atoms with E-state index >= 15 is 0 Å². The molecule has 0 saturated carbocycles. The first-order valence-corrected chi connectivity index (χ1v) is 34.8. The minimum atomic E-state index is -0.784. The summed E-state index contributed by atoms with van der Waals surface area (Å²) in [6.45, 7) is 6.63. The fourth-order valence-electron chi connectivity index (χ4n) is 10.2. The molecule has 6 heteroatoms. The number of ether oxygens (including phenoxy) is 3. The van der Waals surface area contributed by atoms with E-state index in [1.54, 1.807) is 0 Å². The Labute approximate surface area is 491 Å². The van der Waals surface area contributed by atoms with E-state index in [-0.39, 0.29) is 31.1 Å². The van der Waals surface area contributed by atoms with E-state index < -0.39 is 6.10 Å². The molecule has 0 fully saturated rings. The van der Waals surface area contributed by atoms with Gasteiger partial charge in [-0.1, -0.05) is 326 Å². The summed E-state index contributed by atoms with van der Waals surface area (Å²) in [4.78, 5) is 38.4. The van der Waals surface area contributed by atoms with E-state index in [1.807, 2.05) is 0 Å². The van der Waals surface area contributed by atoms with E-state index in [1.165, 1.54) is 231 Å². The second-order valence-electron chi connectivity index (χ2n) is 23.4. The fourth-order valence-corrected chi connectivity index (χ4v) is 10.2. The maximum Gasteiger partial charge on any atom is 0.306 e. The molecule has 1 atom stereocenters. The van der Waals surface area contributed by atoms with Gasteiger partial charge in [-0.25, -0.2) is 0 Å². The average Bonchev–Trinajstić information content (AvgIpc) is 3.45. The van der Waals surface area contributed by atoms with Crippen molar-refractivity contribution in [2.75, 3.05) is 13.2 Å². The Kier molecular flexibility index (Phi) is 65.1. The van der Waals surface area contributed by atoms with Crippen LogP contribution in [0.2, 0.25) is 0 Å². The third-order valence-corrected chi connectivity index (χ3v) is 15.5. The van der Waals surface area contributed by atoms with Crippen LogP contribution in [0.1, 0.15) is 367 Å². The summed E-state index contributed by atoms with van der Waals surface area (Å²) in [6, 6.07) is 0.